The smallest absolute Gasteiger partial charge is 0.226 e. The summed E-state index contributed by atoms with van der Waals surface area (Å²) in [5, 5.41) is 8.86. The molecular weight excluding hydrogens is 411 g/mol. The zero-order chi connectivity index (χ0) is 20.2. The number of hydrogen-bond acceptors (Lipinski definition) is 6. The first-order valence-electron chi connectivity index (χ1n) is 9.33. The molecule has 1 atom stereocenters. The van der Waals surface area contributed by atoms with Crippen LogP contribution >= 0.6 is 22.7 Å². The van der Waals surface area contributed by atoms with Crippen molar-refractivity contribution in [1.29, 1.82) is 0 Å². The summed E-state index contributed by atoms with van der Waals surface area (Å²) < 4.78 is 13.2. The predicted octanol–water partition coefficient (Wildman–Crippen LogP) is 4.32. The summed E-state index contributed by atoms with van der Waals surface area (Å²) in [7, 11) is 0. The van der Waals surface area contributed by atoms with Gasteiger partial charge in [0, 0.05) is 30.0 Å². The lowest BCUT2D eigenvalue weighted by Gasteiger charge is -2.22. The van der Waals surface area contributed by atoms with Gasteiger partial charge in [0.1, 0.15) is 10.8 Å². The van der Waals surface area contributed by atoms with Crippen LogP contribution in [0.2, 0.25) is 0 Å². The second-order valence-corrected chi connectivity index (χ2v) is 8.66. The number of nitrogens with zero attached hydrogens (tertiary/aromatic N) is 2. The molecule has 150 valence electrons. The van der Waals surface area contributed by atoms with Gasteiger partial charge < -0.3 is 10.6 Å². The Morgan fingerprint density at radius 2 is 1.97 bits per heavy atom. The Kier molecular flexibility index (Phi) is 5.96. The Hall–Kier alpha value is -2.65. The van der Waals surface area contributed by atoms with Crippen LogP contribution in [0, 0.1) is 5.82 Å². The molecular formula is C20H19FN4O2S2. The molecule has 29 heavy (non-hydrogen) atoms. The Morgan fingerprint density at radius 3 is 2.72 bits per heavy atom. The van der Waals surface area contributed by atoms with E-state index in [-0.39, 0.29) is 36.5 Å². The fourth-order valence-electron chi connectivity index (χ4n) is 3.23. The van der Waals surface area contributed by atoms with Gasteiger partial charge in [-0.25, -0.2) is 14.4 Å². The van der Waals surface area contributed by atoms with Gasteiger partial charge in [0.05, 0.1) is 16.6 Å². The molecule has 1 aliphatic rings. The van der Waals surface area contributed by atoms with Crippen LogP contribution < -0.4 is 10.6 Å². The fourth-order valence-corrected chi connectivity index (χ4v) is 4.98. The van der Waals surface area contributed by atoms with Crippen molar-refractivity contribution in [3.05, 3.63) is 52.2 Å². The molecule has 2 heterocycles. The number of thiazole rings is 2. The number of nitrogens with one attached hydrogen (secondary N) is 2. The molecule has 2 aromatic heterocycles. The molecule has 2 N–H and O–H groups in total. The molecule has 3 aromatic rings. The minimum Gasteiger partial charge on any atom is -0.348 e. The molecule has 1 aliphatic carbocycles. The number of rotatable bonds is 6. The molecule has 0 spiro atoms. The molecule has 6 nitrogen and oxygen atoms in total. The van der Waals surface area contributed by atoms with Crippen LogP contribution in [0.3, 0.4) is 0 Å². The standard InChI is InChI=1S/C20H19FN4O2S2/c21-13-6-4-12(5-7-13)19-24-15-3-1-2-14(18(15)29-19)23-16(26)8-9-17(27)25-20-22-10-11-28-20/h4-7,10-11,14H,1-3,8-9H2,(H,23,26)(H,22,25,27). The molecule has 0 aliphatic heterocycles. The third-order valence-corrected chi connectivity index (χ3v) is 6.58. The quantitative estimate of drug-likeness (QED) is 0.610. The maximum Gasteiger partial charge on any atom is 0.226 e. The summed E-state index contributed by atoms with van der Waals surface area (Å²) in [6.07, 6.45) is 4.49. The first-order valence-corrected chi connectivity index (χ1v) is 11.0. The van der Waals surface area contributed by atoms with E-state index >= 15 is 0 Å². The highest BCUT2D eigenvalue weighted by atomic mass is 32.1. The van der Waals surface area contributed by atoms with Gasteiger partial charge in [-0.15, -0.1) is 22.7 Å². The maximum atomic E-state index is 13.2. The summed E-state index contributed by atoms with van der Waals surface area (Å²) in [5.41, 5.74) is 1.86. The van der Waals surface area contributed by atoms with Crippen LogP contribution in [0.25, 0.3) is 10.6 Å². The van der Waals surface area contributed by atoms with E-state index in [9.17, 15) is 14.0 Å². The maximum absolute atomic E-state index is 13.2. The predicted molar refractivity (Wildman–Crippen MR) is 111 cm³/mol. The second kappa shape index (κ2) is 8.79. The summed E-state index contributed by atoms with van der Waals surface area (Å²) in [6.45, 7) is 0. The molecule has 0 bridgehead atoms. The first-order chi connectivity index (χ1) is 14.1. The van der Waals surface area contributed by atoms with Crippen molar-refractivity contribution in [3.63, 3.8) is 0 Å². The van der Waals surface area contributed by atoms with E-state index in [0.717, 1.165) is 40.4 Å². The average Bonchev–Trinajstić information content (AvgIpc) is 3.37. The molecule has 2 amide bonds. The average molecular weight is 431 g/mol. The largest absolute Gasteiger partial charge is 0.348 e. The van der Waals surface area contributed by atoms with Crippen molar-refractivity contribution < 1.29 is 14.0 Å². The van der Waals surface area contributed by atoms with E-state index in [0.29, 0.717) is 5.13 Å². The van der Waals surface area contributed by atoms with Crippen molar-refractivity contribution in [2.75, 3.05) is 5.32 Å². The summed E-state index contributed by atoms with van der Waals surface area (Å²) in [6, 6.07) is 6.18. The van der Waals surface area contributed by atoms with Gasteiger partial charge in [-0.1, -0.05) is 0 Å². The monoisotopic (exact) mass is 430 g/mol. The number of aromatic nitrogens is 2. The molecule has 4 rings (SSSR count). The molecule has 0 fully saturated rings. The zero-order valence-corrected chi connectivity index (χ0v) is 17.1. The van der Waals surface area contributed by atoms with Crippen molar-refractivity contribution >= 4 is 39.6 Å². The van der Waals surface area contributed by atoms with E-state index in [1.54, 1.807) is 23.7 Å². The number of carbonyl (C=O) groups excluding carboxylic acids is 2. The van der Waals surface area contributed by atoms with Crippen LogP contribution in [0.1, 0.15) is 42.3 Å². The van der Waals surface area contributed by atoms with Gasteiger partial charge in [0.15, 0.2) is 5.13 Å². The molecule has 0 radical (unpaired) electrons. The SMILES string of the molecule is O=C(CCC(=O)NC1CCCc2nc(-c3ccc(F)cc3)sc21)Nc1nccs1. The van der Waals surface area contributed by atoms with Gasteiger partial charge in [0.2, 0.25) is 11.8 Å². The van der Waals surface area contributed by atoms with Crippen molar-refractivity contribution in [1.82, 2.24) is 15.3 Å². The summed E-state index contributed by atoms with van der Waals surface area (Å²) in [4.78, 5) is 34.1. The highest BCUT2D eigenvalue weighted by Gasteiger charge is 2.26. The fraction of sp³-hybridized carbons (Fsp3) is 0.300. The Morgan fingerprint density at radius 1 is 1.17 bits per heavy atom. The van der Waals surface area contributed by atoms with Gasteiger partial charge in [0.25, 0.3) is 0 Å². The van der Waals surface area contributed by atoms with E-state index in [4.69, 9.17) is 4.98 Å². The van der Waals surface area contributed by atoms with Gasteiger partial charge >= 0.3 is 0 Å². The minimum absolute atomic E-state index is 0.0972. The Labute approximate surface area is 175 Å². The van der Waals surface area contributed by atoms with Crippen LogP contribution in [0.15, 0.2) is 35.8 Å². The number of aryl methyl sites for hydroxylation is 1. The van der Waals surface area contributed by atoms with E-state index in [2.05, 4.69) is 15.6 Å². The Balaban J connectivity index is 1.37. The Bertz CT molecular complexity index is 1000. The number of hydrogen-bond donors (Lipinski definition) is 2. The van der Waals surface area contributed by atoms with Gasteiger partial charge in [-0.05, 0) is 43.5 Å². The van der Waals surface area contributed by atoms with Crippen LogP contribution in [-0.2, 0) is 16.0 Å². The van der Waals surface area contributed by atoms with Crippen LogP contribution in [-0.4, -0.2) is 21.8 Å². The summed E-state index contributed by atoms with van der Waals surface area (Å²) in [5.74, 6) is -0.663. The van der Waals surface area contributed by atoms with Gasteiger partial charge in [-0.3, -0.25) is 9.59 Å². The molecule has 0 saturated carbocycles. The third-order valence-electron chi connectivity index (χ3n) is 4.63. The number of carbonyl (C=O) groups is 2. The summed E-state index contributed by atoms with van der Waals surface area (Å²) >= 11 is 2.87. The van der Waals surface area contributed by atoms with Crippen molar-refractivity contribution in [3.8, 4) is 10.6 Å². The molecule has 1 unspecified atom stereocenters. The second-order valence-electron chi connectivity index (χ2n) is 6.73. The number of anilines is 1. The van der Waals surface area contributed by atoms with E-state index in [1.807, 2.05) is 0 Å². The number of halogens is 1. The van der Waals surface area contributed by atoms with Gasteiger partial charge in [-0.2, -0.15) is 0 Å². The van der Waals surface area contributed by atoms with E-state index < -0.39 is 0 Å². The minimum atomic E-state index is -0.279. The van der Waals surface area contributed by atoms with Crippen molar-refractivity contribution in [2.45, 2.75) is 38.1 Å². The first kappa shape index (κ1) is 19.7. The highest BCUT2D eigenvalue weighted by Crippen LogP contribution is 2.38. The zero-order valence-electron chi connectivity index (χ0n) is 15.5. The van der Waals surface area contributed by atoms with Crippen LogP contribution in [0.4, 0.5) is 9.52 Å². The highest BCUT2D eigenvalue weighted by molar-refractivity contribution is 7.15. The molecule has 0 saturated heterocycles. The number of amides is 2. The lowest BCUT2D eigenvalue weighted by molar-refractivity contribution is -0.125. The number of benzene rings is 1. The third kappa shape index (κ3) is 4.86. The lowest BCUT2D eigenvalue weighted by atomic mass is 9.98. The van der Waals surface area contributed by atoms with Crippen molar-refractivity contribution in [2.24, 2.45) is 0 Å². The van der Waals surface area contributed by atoms with Crippen LogP contribution in [0.5, 0.6) is 0 Å². The normalized spacial score (nSPS) is 15.6. The topological polar surface area (TPSA) is 84.0 Å². The number of fused-ring (bicyclic) bond motifs is 1. The molecule has 9 heteroatoms. The van der Waals surface area contributed by atoms with E-state index in [1.165, 1.54) is 34.8 Å². The lowest BCUT2D eigenvalue weighted by Crippen LogP contribution is -2.30. The molecule has 1 aromatic carbocycles.